The summed E-state index contributed by atoms with van der Waals surface area (Å²) >= 11 is 9.40. The molecule has 1 N–H and O–H groups in total. The molecule has 0 fully saturated rings. The molecule has 0 aliphatic carbocycles. The first-order valence-electron chi connectivity index (χ1n) is 5.96. The highest BCUT2D eigenvalue weighted by atomic mass is 79.9. The predicted molar refractivity (Wildman–Crippen MR) is 82.7 cm³/mol. The Bertz CT molecular complexity index is 542. The van der Waals surface area contributed by atoms with E-state index in [1.807, 2.05) is 42.5 Å². The molecule has 0 bridgehead atoms. The minimum absolute atomic E-state index is 0.763. The lowest BCUT2D eigenvalue weighted by molar-refractivity contribution is 0.414. The van der Waals surface area contributed by atoms with Gasteiger partial charge in [0.15, 0.2) is 0 Å². The van der Waals surface area contributed by atoms with E-state index in [1.54, 1.807) is 7.11 Å². The standard InChI is InChI=1S/C15H15BrClNO/c1-19-14-6-7-15(16)12(8-14)10-18-9-11-2-4-13(17)5-3-11/h2-8,18H,9-10H2,1H3. The Morgan fingerprint density at radius 3 is 2.53 bits per heavy atom. The van der Waals surface area contributed by atoms with Gasteiger partial charge in [-0.05, 0) is 41.5 Å². The van der Waals surface area contributed by atoms with Crippen LogP contribution >= 0.6 is 27.5 Å². The van der Waals surface area contributed by atoms with Crippen molar-refractivity contribution in [3.63, 3.8) is 0 Å². The molecule has 100 valence electrons. The van der Waals surface area contributed by atoms with E-state index in [0.29, 0.717) is 0 Å². The molecule has 2 aromatic rings. The predicted octanol–water partition coefficient (Wildman–Crippen LogP) is 4.40. The van der Waals surface area contributed by atoms with Crippen molar-refractivity contribution in [2.24, 2.45) is 0 Å². The van der Waals surface area contributed by atoms with E-state index >= 15 is 0 Å². The summed E-state index contributed by atoms with van der Waals surface area (Å²) < 4.78 is 6.30. The monoisotopic (exact) mass is 339 g/mol. The minimum Gasteiger partial charge on any atom is -0.497 e. The van der Waals surface area contributed by atoms with Crippen molar-refractivity contribution in [1.29, 1.82) is 0 Å². The highest BCUT2D eigenvalue weighted by Gasteiger charge is 2.02. The fourth-order valence-corrected chi connectivity index (χ4v) is 2.27. The van der Waals surface area contributed by atoms with Crippen molar-refractivity contribution in [1.82, 2.24) is 5.32 Å². The van der Waals surface area contributed by atoms with Gasteiger partial charge in [0.25, 0.3) is 0 Å². The van der Waals surface area contributed by atoms with Crippen LogP contribution in [0.5, 0.6) is 5.75 Å². The molecule has 2 aromatic carbocycles. The lowest BCUT2D eigenvalue weighted by atomic mass is 10.2. The Hall–Kier alpha value is -1.03. The van der Waals surface area contributed by atoms with Gasteiger partial charge in [-0.3, -0.25) is 0 Å². The highest BCUT2D eigenvalue weighted by molar-refractivity contribution is 9.10. The zero-order valence-corrected chi connectivity index (χ0v) is 13.0. The lowest BCUT2D eigenvalue weighted by Crippen LogP contribution is -2.13. The summed E-state index contributed by atoms with van der Waals surface area (Å²) in [6, 6.07) is 13.8. The van der Waals surface area contributed by atoms with Gasteiger partial charge in [-0.2, -0.15) is 0 Å². The van der Waals surface area contributed by atoms with Crippen molar-refractivity contribution in [3.8, 4) is 5.75 Å². The minimum atomic E-state index is 0.763. The molecule has 0 amide bonds. The average molecular weight is 341 g/mol. The summed E-state index contributed by atoms with van der Waals surface area (Å²) in [4.78, 5) is 0. The molecule has 0 aromatic heterocycles. The number of methoxy groups -OCH3 is 1. The Morgan fingerprint density at radius 2 is 1.84 bits per heavy atom. The number of nitrogens with one attached hydrogen (secondary N) is 1. The molecular weight excluding hydrogens is 326 g/mol. The van der Waals surface area contributed by atoms with Crippen LogP contribution in [0.2, 0.25) is 5.02 Å². The number of hydrogen-bond acceptors (Lipinski definition) is 2. The normalized spacial score (nSPS) is 10.5. The third-order valence-corrected chi connectivity index (χ3v) is 3.84. The second-order valence-corrected chi connectivity index (χ2v) is 5.48. The van der Waals surface area contributed by atoms with Crippen LogP contribution in [0, 0.1) is 0 Å². The summed E-state index contributed by atoms with van der Waals surface area (Å²) in [5.41, 5.74) is 2.39. The molecule has 19 heavy (non-hydrogen) atoms. The van der Waals surface area contributed by atoms with E-state index in [4.69, 9.17) is 16.3 Å². The zero-order valence-electron chi connectivity index (χ0n) is 10.6. The van der Waals surface area contributed by atoms with Crippen LogP contribution in [0.15, 0.2) is 46.9 Å². The number of benzene rings is 2. The molecule has 0 aliphatic rings. The van der Waals surface area contributed by atoms with Gasteiger partial charge < -0.3 is 10.1 Å². The molecule has 2 rings (SSSR count). The van der Waals surface area contributed by atoms with Crippen LogP contribution in [-0.2, 0) is 13.1 Å². The molecule has 0 heterocycles. The van der Waals surface area contributed by atoms with Crippen LogP contribution in [0.25, 0.3) is 0 Å². The summed E-state index contributed by atoms with van der Waals surface area (Å²) in [5.74, 6) is 0.867. The zero-order chi connectivity index (χ0) is 13.7. The van der Waals surface area contributed by atoms with Gasteiger partial charge in [0, 0.05) is 22.6 Å². The van der Waals surface area contributed by atoms with E-state index in [1.165, 1.54) is 11.1 Å². The Balaban J connectivity index is 1.93. The second-order valence-electron chi connectivity index (χ2n) is 4.19. The van der Waals surface area contributed by atoms with Gasteiger partial charge in [-0.1, -0.05) is 39.7 Å². The first kappa shape index (κ1) is 14.4. The number of halogens is 2. The third kappa shape index (κ3) is 4.23. The molecule has 0 unspecified atom stereocenters. The lowest BCUT2D eigenvalue weighted by Gasteiger charge is -2.09. The van der Waals surface area contributed by atoms with Gasteiger partial charge in [0.05, 0.1) is 7.11 Å². The van der Waals surface area contributed by atoms with Crippen molar-refractivity contribution >= 4 is 27.5 Å². The van der Waals surface area contributed by atoms with Crippen molar-refractivity contribution < 1.29 is 4.74 Å². The maximum absolute atomic E-state index is 5.86. The molecule has 0 atom stereocenters. The van der Waals surface area contributed by atoms with Gasteiger partial charge in [0.2, 0.25) is 0 Å². The van der Waals surface area contributed by atoms with Crippen LogP contribution in [0.4, 0.5) is 0 Å². The van der Waals surface area contributed by atoms with E-state index < -0.39 is 0 Å². The largest absolute Gasteiger partial charge is 0.497 e. The first-order valence-corrected chi connectivity index (χ1v) is 7.13. The molecule has 4 heteroatoms. The smallest absolute Gasteiger partial charge is 0.119 e. The average Bonchev–Trinajstić information content (AvgIpc) is 2.43. The Kier molecular flexibility index (Phi) is 5.25. The van der Waals surface area contributed by atoms with Gasteiger partial charge >= 0.3 is 0 Å². The maximum Gasteiger partial charge on any atom is 0.119 e. The van der Waals surface area contributed by atoms with Crippen LogP contribution < -0.4 is 10.1 Å². The van der Waals surface area contributed by atoms with Gasteiger partial charge in [-0.15, -0.1) is 0 Å². The quantitative estimate of drug-likeness (QED) is 0.871. The van der Waals surface area contributed by atoms with Crippen LogP contribution in [0.3, 0.4) is 0 Å². The highest BCUT2D eigenvalue weighted by Crippen LogP contribution is 2.22. The Labute approximate surface area is 126 Å². The van der Waals surface area contributed by atoms with Crippen molar-refractivity contribution in [3.05, 3.63) is 63.1 Å². The summed E-state index contributed by atoms with van der Waals surface area (Å²) in [6.07, 6.45) is 0. The molecule has 2 nitrogen and oxygen atoms in total. The van der Waals surface area contributed by atoms with Crippen molar-refractivity contribution in [2.75, 3.05) is 7.11 Å². The molecule has 0 saturated heterocycles. The van der Waals surface area contributed by atoms with E-state index in [0.717, 1.165) is 28.3 Å². The number of rotatable bonds is 5. The number of hydrogen-bond donors (Lipinski definition) is 1. The van der Waals surface area contributed by atoms with Crippen LogP contribution in [-0.4, -0.2) is 7.11 Å². The molecule has 0 spiro atoms. The molecular formula is C15H15BrClNO. The topological polar surface area (TPSA) is 21.3 Å². The summed E-state index contributed by atoms with van der Waals surface area (Å²) in [7, 11) is 1.67. The molecule has 0 aliphatic heterocycles. The van der Waals surface area contributed by atoms with E-state index in [2.05, 4.69) is 21.2 Å². The fraction of sp³-hybridized carbons (Fsp3) is 0.200. The SMILES string of the molecule is COc1ccc(Br)c(CNCc2ccc(Cl)cc2)c1. The summed E-state index contributed by atoms with van der Waals surface area (Å²) in [5, 5.41) is 4.16. The third-order valence-electron chi connectivity index (χ3n) is 2.81. The first-order chi connectivity index (χ1) is 9.19. The summed E-state index contributed by atoms with van der Waals surface area (Å²) in [6.45, 7) is 1.58. The fourth-order valence-electron chi connectivity index (χ4n) is 1.76. The Morgan fingerprint density at radius 1 is 1.11 bits per heavy atom. The van der Waals surface area contributed by atoms with Crippen LogP contribution in [0.1, 0.15) is 11.1 Å². The van der Waals surface area contributed by atoms with Gasteiger partial charge in [-0.25, -0.2) is 0 Å². The van der Waals surface area contributed by atoms with Gasteiger partial charge in [0.1, 0.15) is 5.75 Å². The second kappa shape index (κ2) is 6.94. The maximum atomic E-state index is 5.86. The molecule has 0 saturated carbocycles. The van der Waals surface area contributed by atoms with E-state index in [-0.39, 0.29) is 0 Å². The van der Waals surface area contributed by atoms with Crippen molar-refractivity contribution in [2.45, 2.75) is 13.1 Å². The van der Waals surface area contributed by atoms with E-state index in [9.17, 15) is 0 Å². The molecule has 0 radical (unpaired) electrons. The number of ether oxygens (including phenoxy) is 1.